The molecule has 0 radical (unpaired) electrons. The van der Waals surface area contributed by atoms with E-state index in [4.69, 9.17) is 5.73 Å². The Kier molecular flexibility index (Phi) is 43.7. The lowest BCUT2D eigenvalue weighted by molar-refractivity contribution is 0.0296. The zero-order valence-corrected chi connectivity index (χ0v) is 41.5. The van der Waals surface area contributed by atoms with Crippen molar-refractivity contribution >= 4 is 0 Å². The molecule has 0 aromatic rings. The van der Waals surface area contributed by atoms with Gasteiger partial charge in [-0.1, -0.05) is 208 Å². The van der Waals surface area contributed by atoms with E-state index >= 15 is 0 Å². The third-order valence-corrected chi connectivity index (χ3v) is 13.4. The Morgan fingerprint density at radius 3 is 0.983 bits per heavy atom. The lowest BCUT2D eigenvalue weighted by Crippen LogP contribution is -2.47. The molecule has 0 amide bonds. The van der Waals surface area contributed by atoms with Gasteiger partial charge in [-0.15, -0.1) is 0 Å². The molecule has 0 saturated heterocycles. The Morgan fingerprint density at radius 1 is 0.350 bits per heavy atom. The highest BCUT2D eigenvalue weighted by molar-refractivity contribution is 4.77. The van der Waals surface area contributed by atoms with Gasteiger partial charge in [-0.25, -0.2) is 0 Å². The summed E-state index contributed by atoms with van der Waals surface area (Å²) in [6.07, 6.45) is 35.7. The molecule has 0 rings (SSSR count). The van der Waals surface area contributed by atoms with Crippen LogP contribution in [0.15, 0.2) is 0 Å². The van der Waals surface area contributed by atoms with Crippen molar-refractivity contribution in [3.8, 4) is 0 Å². The van der Waals surface area contributed by atoms with Crippen LogP contribution < -0.4 is 5.73 Å². The van der Waals surface area contributed by atoms with Crippen LogP contribution in [0.5, 0.6) is 0 Å². The molecule has 0 aliphatic carbocycles. The van der Waals surface area contributed by atoms with Gasteiger partial charge in [0.05, 0.1) is 24.4 Å². The summed E-state index contributed by atoms with van der Waals surface area (Å²) < 4.78 is 0. The summed E-state index contributed by atoms with van der Waals surface area (Å²) in [6, 6.07) is 0. The molecule has 0 aliphatic heterocycles. The first-order valence-corrected chi connectivity index (χ1v) is 26.7. The molecule has 0 aliphatic rings. The Hall–Kier alpha value is -0.320. The molecule has 0 saturated carbocycles. The van der Waals surface area contributed by atoms with Crippen molar-refractivity contribution in [2.24, 2.45) is 17.6 Å². The molecule has 6 unspecified atom stereocenters. The van der Waals surface area contributed by atoms with Gasteiger partial charge in [0.25, 0.3) is 0 Å². The van der Waals surface area contributed by atoms with Crippen LogP contribution in [0.3, 0.4) is 0 Å². The molecule has 8 heteroatoms. The molecule has 8 nitrogen and oxygen atoms in total. The molecule has 0 fully saturated rings. The van der Waals surface area contributed by atoms with Crippen LogP contribution in [-0.4, -0.2) is 125 Å². The molecule has 6 N–H and O–H groups in total. The predicted molar refractivity (Wildman–Crippen MR) is 262 cm³/mol. The first-order valence-electron chi connectivity index (χ1n) is 26.7. The minimum absolute atomic E-state index is 0.231. The van der Waals surface area contributed by atoms with E-state index in [9.17, 15) is 20.4 Å². The van der Waals surface area contributed by atoms with Crippen LogP contribution >= 0.6 is 0 Å². The fraction of sp³-hybridized carbons (Fsp3) is 1.00. The summed E-state index contributed by atoms with van der Waals surface area (Å²) in [5, 5.41) is 44.7. The molecule has 0 aromatic carbocycles. The van der Waals surface area contributed by atoms with Crippen molar-refractivity contribution in [3.63, 3.8) is 0 Å². The third-order valence-electron chi connectivity index (χ3n) is 13.4. The highest BCUT2D eigenvalue weighted by atomic mass is 16.3. The zero-order valence-electron chi connectivity index (χ0n) is 41.5. The Morgan fingerprint density at radius 2 is 0.650 bits per heavy atom. The molecule has 0 spiro atoms. The molecule has 0 bridgehead atoms. The molecule has 6 atom stereocenters. The van der Waals surface area contributed by atoms with E-state index in [1.54, 1.807) is 0 Å². The molecule has 0 heterocycles. The second-order valence-corrected chi connectivity index (χ2v) is 19.5. The largest absolute Gasteiger partial charge is 0.392 e. The van der Waals surface area contributed by atoms with Gasteiger partial charge in [0.1, 0.15) is 0 Å². The molecule has 0 aromatic heterocycles. The fourth-order valence-corrected chi connectivity index (χ4v) is 8.76. The Bertz CT molecular complexity index is 855. The van der Waals surface area contributed by atoms with Gasteiger partial charge in [0.2, 0.25) is 0 Å². The van der Waals surface area contributed by atoms with Crippen molar-refractivity contribution in [2.45, 2.75) is 259 Å². The van der Waals surface area contributed by atoms with Crippen LogP contribution in [0.4, 0.5) is 0 Å². The summed E-state index contributed by atoms with van der Waals surface area (Å²) in [4.78, 5) is 6.98. The second-order valence-electron chi connectivity index (χ2n) is 19.5. The van der Waals surface area contributed by atoms with E-state index in [0.29, 0.717) is 39.1 Å². The molecular formula is C52H110N4O4. The normalized spacial score (nSPS) is 15.3. The maximum Gasteiger partial charge on any atom is 0.0692 e. The predicted octanol–water partition coefficient (Wildman–Crippen LogP) is 11.3. The van der Waals surface area contributed by atoms with Crippen molar-refractivity contribution in [1.82, 2.24) is 14.7 Å². The van der Waals surface area contributed by atoms with Crippen LogP contribution in [0.1, 0.15) is 234 Å². The molecule has 60 heavy (non-hydrogen) atoms. The van der Waals surface area contributed by atoms with Crippen LogP contribution in [-0.2, 0) is 0 Å². The van der Waals surface area contributed by atoms with Gasteiger partial charge in [-0.3, -0.25) is 14.7 Å². The van der Waals surface area contributed by atoms with Gasteiger partial charge in [-0.2, -0.15) is 0 Å². The Labute approximate surface area is 375 Å². The van der Waals surface area contributed by atoms with Crippen LogP contribution in [0.2, 0.25) is 0 Å². The van der Waals surface area contributed by atoms with Gasteiger partial charge >= 0.3 is 0 Å². The second kappa shape index (κ2) is 43.9. The number of nitrogens with two attached hydrogens (primary N) is 1. The quantitative estimate of drug-likeness (QED) is 0.0384. The fourth-order valence-electron chi connectivity index (χ4n) is 8.76. The van der Waals surface area contributed by atoms with Crippen molar-refractivity contribution in [3.05, 3.63) is 0 Å². The zero-order chi connectivity index (χ0) is 44.5. The first-order chi connectivity index (χ1) is 29.1. The average molecular weight is 855 g/mol. The number of aliphatic hydroxyl groups is 4. The van der Waals surface area contributed by atoms with E-state index in [1.165, 1.54) is 161 Å². The van der Waals surface area contributed by atoms with Gasteiger partial charge < -0.3 is 26.2 Å². The standard InChI is InChI=1S/C52H110N4O4/c1-7-11-14-17-20-23-24-27-30-33-36-50(58)44-56(46-52(60)48(6)35-32-29-26-22-19-16-13-9-3)42-40-54(38-37-53)39-41-55(43-49(57)10-4)45-51(59)47(5)34-31-28-25-21-18-15-12-8-2/h47-52,57-60H,7-46,53H2,1-6H3. The van der Waals surface area contributed by atoms with E-state index in [1.807, 2.05) is 6.92 Å². The number of aliphatic hydroxyl groups excluding tert-OH is 4. The number of unbranched alkanes of at least 4 members (excludes halogenated alkanes) is 23. The van der Waals surface area contributed by atoms with Crippen LogP contribution in [0.25, 0.3) is 0 Å². The highest BCUT2D eigenvalue weighted by Gasteiger charge is 2.23. The lowest BCUT2D eigenvalue weighted by Gasteiger charge is -2.34. The smallest absolute Gasteiger partial charge is 0.0692 e. The van der Waals surface area contributed by atoms with E-state index in [0.717, 1.165) is 58.4 Å². The van der Waals surface area contributed by atoms with Gasteiger partial charge in [0.15, 0.2) is 0 Å². The third kappa shape index (κ3) is 37.1. The summed E-state index contributed by atoms with van der Waals surface area (Å²) in [5.74, 6) is 0.464. The minimum atomic E-state index is -0.415. The van der Waals surface area contributed by atoms with Crippen LogP contribution in [0, 0.1) is 11.8 Å². The van der Waals surface area contributed by atoms with Crippen molar-refractivity contribution in [1.29, 1.82) is 0 Å². The summed E-state index contributed by atoms with van der Waals surface area (Å²) in [6.45, 7) is 20.0. The highest BCUT2D eigenvalue weighted by Crippen LogP contribution is 2.19. The Balaban J connectivity index is 5.27. The molecule has 362 valence electrons. The monoisotopic (exact) mass is 855 g/mol. The van der Waals surface area contributed by atoms with Gasteiger partial charge in [-0.05, 0) is 37.5 Å². The average Bonchev–Trinajstić information content (AvgIpc) is 3.23. The number of rotatable bonds is 48. The van der Waals surface area contributed by atoms with Crippen molar-refractivity contribution in [2.75, 3.05) is 65.4 Å². The molecular weight excluding hydrogens is 745 g/mol. The maximum atomic E-state index is 11.5. The van der Waals surface area contributed by atoms with Crippen molar-refractivity contribution < 1.29 is 20.4 Å². The van der Waals surface area contributed by atoms with E-state index in [-0.39, 0.29) is 11.8 Å². The van der Waals surface area contributed by atoms with E-state index in [2.05, 4.69) is 49.3 Å². The number of nitrogens with zero attached hydrogens (tertiary/aromatic N) is 3. The van der Waals surface area contributed by atoms with E-state index < -0.39 is 24.4 Å². The summed E-state index contributed by atoms with van der Waals surface area (Å²) in [5.41, 5.74) is 6.16. The summed E-state index contributed by atoms with van der Waals surface area (Å²) >= 11 is 0. The maximum absolute atomic E-state index is 11.5. The SMILES string of the molecule is CCCCCCCCCCCCC(O)CN(CCN(CCN)CCN(CC(O)CC)CC(O)C(C)CCCCCCCCCC)CC(O)C(C)CCCCCCCCCC. The lowest BCUT2D eigenvalue weighted by atomic mass is 9.96. The topological polar surface area (TPSA) is 117 Å². The minimum Gasteiger partial charge on any atom is -0.392 e. The summed E-state index contributed by atoms with van der Waals surface area (Å²) in [7, 11) is 0. The number of hydrogen-bond donors (Lipinski definition) is 5. The number of hydrogen-bond acceptors (Lipinski definition) is 8. The van der Waals surface area contributed by atoms with Gasteiger partial charge in [0, 0.05) is 65.4 Å². The first kappa shape index (κ1) is 59.7.